The van der Waals surface area contributed by atoms with Gasteiger partial charge in [-0.25, -0.2) is 0 Å². The summed E-state index contributed by atoms with van der Waals surface area (Å²) < 4.78 is 0. The number of anilines is 1. The normalized spacial score (nSPS) is 36.4. The first-order valence-electron chi connectivity index (χ1n) is 12.8. The largest absolute Gasteiger partial charge is 0.332 e. The molecule has 1 aliphatic heterocycles. The lowest BCUT2D eigenvalue weighted by atomic mass is 9.47. The quantitative estimate of drug-likeness (QED) is 0.611. The molecule has 0 bridgehead atoms. The maximum absolute atomic E-state index is 13.8. The summed E-state index contributed by atoms with van der Waals surface area (Å²) in [6.45, 7) is 9.10. The molecule has 1 heterocycles. The molecule has 1 aromatic rings. The smallest absolute Gasteiger partial charge is 0.252 e. The van der Waals surface area contributed by atoms with E-state index in [1.54, 1.807) is 30.4 Å². The number of fused-ring (bicyclic) bond motifs is 5. The summed E-state index contributed by atoms with van der Waals surface area (Å²) in [4.78, 5) is 29.0. The Labute approximate surface area is 202 Å². The summed E-state index contributed by atoms with van der Waals surface area (Å²) in [7, 11) is 0. The zero-order valence-corrected chi connectivity index (χ0v) is 20.3. The highest BCUT2D eigenvalue weighted by Gasteiger charge is 2.61. The summed E-state index contributed by atoms with van der Waals surface area (Å²) in [6.07, 6.45) is 11.6. The van der Waals surface area contributed by atoms with Crippen LogP contribution < -0.4 is 5.32 Å². The van der Waals surface area contributed by atoms with Gasteiger partial charge < -0.3 is 10.2 Å². The van der Waals surface area contributed by atoms with E-state index in [1.165, 1.54) is 25.7 Å². The van der Waals surface area contributed by atoms with Crippen molar-refractivity contribution >= 4 is 17.5 Å². The standard InChI is InChI=1S/C29H35N3O2/c1-4-16-32-25-12-11-20-21-9-7-14-28(21,2)15-13-22(20)29(25,3)23(17-26(32)33)27(34)31-24-10-6-5-8-19(24)18-30/h4-6,8,10,17,20-22,25H,1,7,9,11-16H2,2-3H3,(H,31,34)/t20-,21-,22+,25?,28-,29-/m0/s1. The second kappa shape index (κ2) is 8.41. The molecule has 0 saturated heterocycles. The van der Waals surface area contributed by atoms with Crippen LogP contribution in [0.4, 0.5) is 5.69 Å². The van der Waals surface area contributed by atoms with Crippen LogP contribution in [0.1, 0.15) is 64.4 Å². The molecule has 0 spiro atoms. The van der Waals surface area contributed by atoms with Gasteiger partial charge in [0.05, 0.1) is 11.3 Å². The van der Waals surface area contributed by atoms with Crippen molar-refractivity contribution in [2.45, 2.75) is 64.8 Å². The van der Waals surface area contributed by atoms with E-state index < -0.39 is 5.41 Å². The molecule has 5 rings (SSSR count). The van der Waals surface area contributed by atoms with Crippen LogP contribution in [0.25, 0.3) is 0 Å². The summed E-state index contributed by atoms with van der Waals surface area (Å²) in [5.74, 6) is 1.30. The number of hydrogen-bond acceptors (Lipinski definition) is 3. The first kappa shape index (κ1) is 22.9. The van der Waals surface area contributed by atoms with Crippen LogP contribution in [0.3, 0.4) is 0 Å². The summed E-state index contributed by atoms with van der Waals surface area (Å²) in [6, 6.07) is 9.19. The Bertz CT molecular complexity index is 1100. The van der Waals surface area contributed by atoms with E-state index in [9.17, 15) is 14.9 Å². The molecule has 1 N–H and O–H groups in total. The molecule has 3 saturated carbocycles. The third kappa shape index (κ3) is 3.34. The summed E-state index contributed by atoms with van der Waals surface area (Å²) >= 11 is 0. The Hall–Kier alpha value is -2.87. The lowest BCUT2D eigenvalue weighted by Crippen LogP contribution is -2.63. The molecule has 0 aromatic heterocycles. The average molecular weight is 458 g/mol. The van der Waals surface area contributed by atoms with Gasteiger partial charge in [-0.1, -0.05) is 38.5 Å². The zero-order chi connectivity index (χ0) is 24.1. The molecule has 0 radical (unpaired) electrons. The highest BCUT2D eigenvalue weighted by atomic mass is 16.2. The van der Waals surface area contributed by atoms with Crippen LogP contribution >= 0.6 is 0 Å². The third-order valence-corrected chi connectivity index (χ3v) is 9.83. The van der Waals surface area contributed by atoms with Crippen molar-refractivity contribution in [1.29, 1.82) is 5.26 Å². The van der Waals surface area contributed by atoms with Gasteiger partial charge in [0.25, 0.3) is 5.91 Å². The first-order chi connectivity index (χ1) is 16.3. The van der Waals surface area contributed by atoms with Crippen LogP contribution in [0, 0.1) is 39.9 Å². The fraction of sp³-hybridized carbons (Fsp3) is 0.552. The van der Waals surface area contributed by atoms with E-state index in [0.717, 1.165) is 19.3 Å². The fourth-order valence-electron chi connectivity index (χ4n) is 8.24. The second-order valence-corrected chi connectivity index (χ2v) is 11.3. The third-order valence-electron chi connectivity index (χ3n) is 9.83. The van der Waals surface area contributed by atoms with Crippen LogP contribution in [0.15, 0.2) is 48.6 Å². The lowest BCUT2D eigenvalue weighted by Gasteiger charge is -2.61. The van der Waals surface area contributed by atoms with E-state index in [1.807, 2.05) is 11.0 Å². The fourth-order valence-corrected chi connectivity index (χ4v) is 8.24. The van der Waals surface area contributed by atoms with Gasteiger partial charge in [0.15, 0.2) is 0 Å². The molecule has 1 aromatic carbocycles. The van der Waals surface area contributed by atoms with Crippen molar-refractivity contribution in [3.63, 3.8) is 0 Å². The van der Waals surface area contributed by atoms with E-state index in [-0.39, 0.29) is 17.9 Å². The van der Waals surface area contributed by atoms with E-state index in [4.69, 9.17) is 0 Å². The molecule has 1 unspecified atom stereocenters. The van der Waals surface area contributed by atoms with Crippen LogP contribution in [0.5, 0.6) is 0 Å². The monoisotopic (exact) mass is 457 g/mol. The Kier molecular flexibility index (Phi) is 5.67. The van der Waals surface area contributed by atoms with Crippen molar-refractivity contribution in [3.8, 4) is 6.07 Å². The van der Waals surface area contributed by atoms with Gasteiger partial charge in [-0.2, -0.15) is 5.26 Å². The summed E-state index contributed by atoms with van der Waals surface area (Å²) in [5.41, 5.74) is 1.51. The number of para-hydroxylation sites is 1. The number of nitrogens with one attached hydrogen (secondary N) is 1. The van der Waals surface area contributed by atoms with Gasteiger partial charge in [-0.3, -0.25) is 9.59 Å². The Morgan fingerprint density at radius 2 is 2.00 bits per heavy atom. The molecule has 34 heavy (non-hydrogen) atoms. The van der Waals surface area contributed by atoms with Gasteiger partial charge in [0.2, 0.25) is 5.91 Å². The number of carbonyl (C=O) groups excluding carboxylic acids is 2. The Morgan fingerprint density at radius 1 is 1.21 bits per heavy atom. The highest BCUT2D eigenvalue weighted by molar-refractivity contribution is 6.10. The molecule has 3 aliphatic carbocycles. The minimum absolute atomic E-state index is 0.0121. The molecule has 2 amide bonds. The Morgan fingerprint density at radius 3 is 2.76 bits per heavy atom. The molecule has 3 fully saturated rings. The summed E-state index contributed by atoms with van der Waals surface area (Å²) in [5, 5.41) is 12.5. The van der Waals surface area contributed by atoms with E-state index >= 15 is 0 Å². The molecular formula is C29H35N3O2. The van der Waals surface area contributed by atoms with Gasteiger partial charge in [0.1, 0.15) is 6.07 Å². The lowest BCUT2D eigenvalue weighted by molar-refractivity contribution is -0.143. The number of carbonyl (C=O) groups is 2. The number of nitrogens with zero attached hydrogens (tertiary/aromatic N) is 2. The highest BCUT2D eigenvalue weighted by Crippen LogP contribution is 2.65. The van der Waals surface area contributed by atoms with Crippen molar-refractivity contribution in [2.75, 3.05) is 11.9 Å². The topological polar surface area (TPSA) is 73.2 Å². The molecular weight excluding hydrogens is 422 g/mol. The molecule has 6 atom stereocenters. The predicted molar refractivity (Wildman–Crippen MR) is 133 cm³/mol. The maximum atomic E-state index is 13.8. The van der Waals surface area contributed by atoms with Gasteiger partial charge in [0, 0.05) is 29.7 Å². The van der Waals surface area contributed by atoms with Crippen molar-refractivity contribution in [3.05, 3.63) is 54.1 Å². The predicted octanol–water partition coefficient (Wildman–Crippen LogP) is 5.45. The SMILES string of the molecule is C=CCN1C(=O)C=C(C(=O)Nc2ccccc2C#N)[C@@]2(C)C1CC[C@@H]1[C@H]2CC[C@]2(C)CCC[C@@H]12. The number of hydrogen-bond donors (Lipinski definition) is 1. The molecule has 178 valence electrons. The van der Waals surface area contributed by atoms with Crippen LogP contribution in [0.2, 0.25) is 0 Å². The average Bonchev–Trinajstić information content (AvgIpc) is 3.23. The Balaban J connectivity index is 1.56. The second-order valence-electron chi connectivity index (χ2n) is 11.3. The van der Waals surface area contributed by atoms with Crippen LogP contribution in [-0.4, -0.2) is 29.3 Å². The van der Waals surface area contributed by atoms with Crippen molar-refractivity contribution < 1.29 is 9.59 Å². The van der Waals surface area contributed by atoms with Crippen molar-refractivity contribution in [1.82, 2.24) is 4.90 Å². The van der Waals surface area contributed by atoms with Gasteiger partial charge in [-0.15, -0.1) is 6.58 Å². The number of nitriles is 1. The number of benzene rings is 1. The molecule has 4 aliphatic rings. The van der Waals surface area contributed by atoms with E-state index in [2.05, 4.69) is 31.8 Å². The molecule has 5 heteroatoms. The first-order valence-corrected chi connectivity index (χ1v) is 12.8. The van der Waals surface area contributed by atoms with Gasteiger partial charge >= 0.3 is 0 Å². The van der Waals surface area contributed by atoms with Crippen molar-refractivity contribution in [2.24, 2.45) is 28.6 Å². The van der Waals surface area contributed by atoms with E-state index in [0.29, 0.717) is 46.5 Å². The van der Waals surface area contributed by atoms with Gasteiger partial charge in [-0.05, 0) is 73.8 Å². The minimum atomic E-state index is -0.421. The number of rotatable bonds is 4. The maximum Gasteiger partial charge on any atom is 0.252 e. The zero-order valence-electron chi connectivity index (χ0n) is 20.3. The minimum Gasteiger partial charge on any atom is -0.332 e. The van der Waals surface area contributed by atoms with Crippen LogP contribution in [-0.2, 0) is 9.59 Å². The number of amides is 2. The molecule has 5 nitrogen and oxygen atoms in total.